The zero-order chi connectivity index (χ0) is 13.3. The zero-order valence-corrected chi connectivity index (χ0v) is 12.6. The number of benzene rings is 1. The van der Waals surface area contributed by atoms with Gasteiger partial charge in [-0.25, -0.2) is 0 Å². The summed E-state index contributed by atoms with van der Waals surface area (Å²) in [7, 11) is 0. The molecule has 3 rings (SSSR count). The highest BCUT2D eigenvalue weighted by atomic mass is 79.9. The van der Waals surface area contributed by atoms with Gasteiger partial charge in [-0.15, -0.1) is 0 Å². The second-order valence-corrected chi connectivity index (χ2v) is 6.42. The lowest BCUT2D eigenvalue weighted by atomic mass is 9.85. The number of alkyl halides is 1. The number of hydrogen-bond donors (Lipinski definition) is 0. The first-order chi connectivity index (χ1) is 9.24. The van der Waals surface area contributed by atoms with Gasteiger partial charge in [0.1, 0.15) is 0 Å². The molecular formula is C18H17Br. The minimum Gasteiger partial charge on any atom is -0.0899 e. The molecule has 0 amide bonds. The number of allylic oxidation sites excluding steroid dienone is 7. The van der Waals surface area contributed by atoms with E-state index < -0.39 is 0 Å². The fourth-order valence-electron chi connectivity index (χ4n) is 2.91. The van der Waals surface area contributed by atoms with Gasteiger partial charge in [-0.2, -0.15) is 0 Å². The average molecular weight is 313 g/mol. The standard InChI is InChI=1S/C18H17Br/c1-2-11-18(19,16-9-5-6-10-16)17-12-14-7-3-4-8-15(14)13-17/h2-12,16H,13H2,1H3. The van der Waals surface area contributed by atoms with Crippen LogP contribution in [0.5, 0.6) is 0 Å². The maximum atomic E-state index is 4.00. The molecule has 0 saturated carbocycles. The third-order valence-electron chi connectivity index (χ3n) is 3.90. The molecule has 0 aromatic heterocycles. The van der Waals surface area contributed by atoms with Gasteiger partial charge in [-0.1, -0.05) is 82.7 Å². The molecule has 1 atom stereocenters. The van der Waals surface area contributed by atoms with Crippen LogP contribution in [0, 0.1) is 5.92 Å². The summed E-state index contributed by atoms with van der Waals surface area (Å²) in [6.45, 7) is 2.08. The van der Waals surface area contributed by atoms with E-state index in [2.05, 4.69) is 89.7 Å². The first-order valence-corrected chi connectivity index (χ1v) is 7.50. The Balaban J connectivity index is 2.00. The van der Waals surface area contributed by atoms with Crippen molar-refractivity contribution in [1.29, 1.82) is 0 Å². The fourth-order valence-corrected chi connectivity index (χ4v) is 3.74. The maximum Gasteiger partial charge on any atom is 0.0749 e. The van der Waals surface area contributed by atoms with Gasteiger partial charge in [0.25, 0.3) is 0 Å². The Labute approximate surface area is 123 Å². The highest BCUT2D eigenvalue weighted by molar-refractivity contribution is 9.10. The predicted molar refractivity (Wildman–Crippen MR) is 86.4 cm³/mol. The summed E-state index contributed by atoms with van der Waals surface area (Å²) in [6.07, 6.45) is 16.6. The van der Waals surface area contributed by atoms with Gasteiger partial charge in [-0.3, -0.25) is 0 Å². The Hall–Kier alpha value is -1.34. The molecule has 0 aliphatic heterocycles. The van der Waals surface area contributed by atoms with Crippen LogP contribution in [0.15, 0.2) is 66.3 Å². The molecule has 0 saturated heterocycles. The van der Waals surface area contributed by atoms with Crippen LogP contribution in [0.1, 0.15) is 18.1 Å². The Morgan fingerprint density at radius 3 is 2.63 bits per heavy atom. The van der Waals surface area contributed by atoms with Crippen molar-refractivity contribution in [2.24, 2.45) is 5.92 Å². The second-order valence-electron chi connectivity index (χ2n) is 5.11. The van der Waals surface area contributed by atoms with Gasteiger partial charge in [0.05, 0.1) is 4.32 Å². The largest absolute Gasteiger partial charge is 0.0899 e. The van der Waals surface area contributed by atoms with Crippen LogP contribution in [0.4, 0.5) is 0 Å². The van der Waals surface area contributed by atoms with Crippen LogP contribution < -0.4 is 0 Å². The highest BCUT2D eigenvalue weighted by Crippen LogP contribution is 2.45. The Morgan fingerprint density at radius 1 is 1.21 bits per heavy atom. The second kappa shape index (κ2) is 4.97. The van der Waals surface area contributed by atoms with Crippen LogP contribution in [-0.4, -0.2) is 4.32 Å². The zero-order valence-electron chi connectivity index (χ0n) is 11.0. The van der Waals surface area contributed by atoms with Crippen LogP contribution in [-0.2, 0) is 6.42 Å². The van der Waals surface area contributed by atoms with Crippen LogP contribution in [0.2, 0.25) is 0 Å². The lowest BCUT2D eigenvalue weighted by Crippen LogP contribution is -2.28. The van der Waals surface area contributed by atoms with Gasteiger partial charge in [-0.05, 0) is 30.0 Å². The number of halogens is 1. The van der Waals surface area contributed by atoms with Crippen LogP contribution in [0.25, 0.3) is 6.08 Å². The van der Waals surface area contributed by atoms with E-state index in [-0.39, 0.29) is 4.32 Å². The summed E-state index contributed by atoms with van der Waals surface area (Å²) in [5.74, 6) is 0.393. The molecule has 0 bridgehead atoms. The molecule has 96 valence electrons. The van der Waals surface area contributed by atoms with E-state index in [1.165, 1.54) is 16.7 Å². The summed E-state index contributed by atoms with van der Waals surface area (Å²) < 4.78 is -0.0930. The van der Waals surface area contributed by atoms with Crippen molar-refractivity contribution < 1.29 is 0 Å². The number of hydrogen-bond acceptors (Lipinski definition) is 0. The third kappa shape index (κ3) is 2.17. The van der Waals surface area contributed by atoms with E-state index in [1.807, 2.05) is 0 Å². The molecule has 19 heavy (non-hydrogen) atoms. The van der Waals surface area contributed by atoms with Gasteiger partial charge in [0, 0.05) is 5.92 Å². The van der Waals surface area contributed by atoms with E-state index in [0.29, 0.717) is 5.92 Å². The van der Waals surface area contributed by atoms with Crippen molar-refractivity contribution in [3.63, 3.8) is 0 Å². The number of fused-ring (bicyclic) bond motifs is 1. The predicted octanol–water partition coefficient (Wildman–Crippen LogP) is 5.08. The third-order valence-corrected chi connectivity index (χ3v) is 5.20. The molecule has 1 heteroatoms. The average Bonchev–Trinajstić information content (AvgIpc) is 3.08. The quantitative estimate of drug-likeness (QED) is 0.539. The molecule has 1 aromatic carbocycles. The number of rotatable bonds is 3. The molecule has 2 aliphatic rings. The van der Waals surface area contributed by atoms with E-state index in [0.717, 1.165) is 6.42 Å². The summed E-state index contributed by atoms with van der Waals surface area (Å²) in [5, 5.41) is 0. The van der Waals surface area contributed by atoms with Crippen molar-refractivity contribution in [3.05, 3.63) is 77.4 Å². The molecule has 0 spiro atoms. The van der Waals surface area contributed by atoms with E-state index in [1.54, 1.807) is 0 Å². The Bertz CT molecular complexity index is 592. The highest BCUT2D eigenvalue weighted by Gasteiger charge is 2.37. The van der Waals surface area contributed by atoms with E-state index >= 15 is 0 Å². The summed E-state index contributed by atoms with van der Waals surface area (Å²) in [5.41, 5.74) is 4.22. The molecule has 2 aliphatic carbocycles. The van der Waals surface area contributed by atoms with E-state index in [4.69, 9.17) is 0 Å². The van der Waals surface area contributed by atoms with Gasteiger partial charge in [0.15, 0.2) is 0 Å². The molecule has 0 N–H and O–H groups in total. The van der Waals surface area contributed by atoms with Crippen molar-refractivity contribution in [2.75, 3.05) is 0 Å². The summed E-state index contributed by atoms with van der Waals surface area (Å²) >= 11 is 4.00. The van der Waals surface area contributed by atoms with Crippen LogP contribution >= 0.6 is 15.9 Å². The minimum absolute atomic E-state index is 0.0930. The monoisotopic (exact) mass is 312 g/mol. The van der Waals surface area contributed by atoms with Crippen molar-refractivity contribution in [1.82, 2.24) is 0 Å². The SMILES string of the molecule is CC=CC(Br)(C1=Cc2ccccc2C1)C1C=CC=C1. The molecule has 1 unspecified atom stereocenters. The van der Waals surface area contributed by atoms with E-state index in [9.17, 15) is 0 Å². The van der Waals surface area contributed by atoms with Crippen molar-refractivity contribution in [3.8, 4) is 0 Å². The fraction of sp³-hybridized carbons (Fsp3) is 0.222. The lowest BCUT2D eigenvalue weighted by Gasteiger charge is -2.30. The van der Waals surface area contributed by atoms with Crippen molar-refractivity contribution in [2.45, 2.75) is 17.7 Å². The smallest absolute Gasteiger partial charge is 0.0749 e. The van der Waals surface area contributed by atoms with Crippen LogP contribution in [0.3, 0.4) is 0 Å². The maximum absolute atomic E-state index is 4.00. The molecule has 1 aromatic rings. The summed E-state index contributed by atoms with van der Waals surface area (Å²) in [6, 6.07) is 8.66. The topological polar surface area (TPSA) is 0 Å². The molecular weight excluding hydrogens is 296 g/mol. The molecule has 0 heterocycles. The Morgan fingerprint density at radius 2 is 1.95 bits per heavy atom. The Kier molecular flexibility index (Phi) is 3.32. The van der Waals surface area contributed by atoms with Gasteiger partial charge >= 0.3 is 0 Å². The minimum atomic E-state index is -0.0930. The normalized spacial score (nSPS) is 20.8. The summed E-state index contributed by atoms with van der Waals surface area (Å²) in [4.78, 5) is 0. The lowest BCUT2D eigenvalue weighted by molar-refractivity contribution is 0.701. The molecule has 0 nitrogen and oxygen atoms in total. The van der Waals surface area contributed by atoms with Crippen molar-refractivity contribution >= 4 is 22.0 Å². The first-order valence-electron chi connectivity index (χ1n) is 6.71. The first kappa shape index (κ1) is 12.7. The molecule has 0 radical (unpaired) electrons. The van der Waals surface area contributed by atoms with Gasteiger partial charge in [0.2, 0.25) is 0 Å². The molecule has 0 fully saturated rings. The van der Waals surface area contributed by atoms with Gasteiger partial charge < -0.3 is 0 Å².